The molecule has 1 atom stereocenters. The molecule has 3 aromatic rings. The smallest absolute Gasteiger partial charge is 0.870 e. The second kappa shape index (κ2) is 11.6. The van der Waals surface area contributed by atoms with Crippen molar-refractivity contribution in [1.29, 1.82) is 0 Å². The first-order valence-corrected chi connectivity index (χ1v) is 8.52. The molecule has 0 saturated carbocycles. The summed E-state index contributed by atoms with van der Waals surface area (Å²) >= 11 is 0. The van der Waals surface area contributed by atoms with E-state index >= 15 is 0 Å². The van der Waals surface area contributed by atoms with Crippen molar-refractivity contribution >= 4 is 6.29 Å². The third-order valence-electron chi connectivity index (χ3n) is 4.31. The molecule has 0 aliphatic rings. The number of ether oxygens (including phenoxy) is 2. The second-order valence-corrected chi connectivity index (χ2v) is 5.96. The summed E-state index contributed by atoms with van der Waals surface area (Å²) in [7, 11) is 1.54. The van der Waals surface area contributed by atoms with Crippen LogP contribution in [0.5, 0.6) is 0 Å². The fraction of sp³-hybridized carbons (Fsp3) is 0.174. The van der Waals surface area contributed by atoms with Crippen LogP contribution in [0.3, 0.4) is 0 Å². The maximum absolute atomic E-state index is 11.5. The van der Waals surface area contributed by atoms with E-state index in [1.165, 1.54) is 0 Å². The monoisotopic (exact) mass is 369 g/mol. The van der Waals surface area contributed by atoms with Gasteiger partial charge in [-0.1, -0.05) is 91.0 Å². The third kappa shape index (κ3) is 4.99. The van der Waals surface area contributed by atoms with Crippen molar-refractivity contribution in [2.45, 2.75) is 11.7 Å². The minimum atomic E-state index is -0.940. The molecule has 4 nitrogen and oxygen atoms in total. The summed E-state index contributed by atoms with van der Waals surface area (Å²) in [6.45, 7) is 0.137. The van der Waals surface area contributed by atoms with Crippen LogP contribution in [0.15, 0.2) is 91.0 Å². The summed E-state index contributed by atoms with van der Waals surface area (Å²) < 4.78 is 11.6. The van der Waals surface area contributed by atoms with Crippen molar-refractivity contribution in [3.63, 3.8) is 0 Å². The first-order valence-electron chi connectivity index (χ1n) is 8.52. The van der Waals surface area contributed by atoms with Crippen molar-refractivity contribution in [3.05, 3.63) is 108 Å². The molecule has 0 heterocycles. The minimum Gasteiger partial charge on any atom is -0.870 e. The van der Waals surface area contributed by atoms with Crippen LogP contribution in [0, 0.1) is 0 Å². The molecular weight excluding hydrogens is 347 g/mol. The van der Waals surface area contributed by atoms with Gasteiger partial charge < -0.3 is 19.7 Å². The van der Waals surface area contributed by atoms with E-state index in [0.717, 1.165) is 16.7 Å². The van der Waals surface area contributed by atoms with E-state index in [0.29, 0.717) is 0 Å². The third-order valence-corrected chi connectivity index (χ3v) is 4.31. The molecule has 3 aromatic carbocycles. The predicted octanol–water partition coefficient (Wildman–Crippen LogP) is 0.947. The minimum absolute atomic E-state index is 0. The first-order chi connectivity index (χ1) is 12.8. The molecule has 0 fully saturated rings. The predicted molar refractivity (Wildman–Crippen MR) is 104 cm³/mol. The van der Waals surface area contributed by atoms with Crippen molar-refractivity contribution in [1.82, 2.24) is 0 Å². The zero-order valence-electron chi connectivity index (χ0n) is 16.1. The fourth-order valence-electron chi connectivity index (χ4n) is 3.18. The molecule has 0 radical (unpaired) electrons. The van der Waals surface area contributed by atoms with E-state index in [9.17, 15) is 4.79 Å². The number of methoxy groups -OCH3 is 1. The Hall–Kier alpha value is -2.19. The van der Waals surface area contributed by atoms with Gasteiger partial charge in [-0.15, -0.1) is 0 Å². The molecule has 140 valence electrons. The van der Waals surface area contributed by atoms with Crippen LogP contribution in [0.4, 0.5) is 0 Å². The van der Waals surface area contributed by atoms with Gasteiger partial charge in [0.25, 0.3) is 0 Å². The molecule has 0 saturated heterocycles. The van der Waals surface area contributed by atoms with Gasteiger partial charge >= 0.3 is 18.9 Å². The van der Waals surface area contributed by atoms with Gasteiger partial charge in [-0.3, -0.25) is 0 Å². The van der Waals surface area contributed by atoms with E-state index in [4.69, 9.17) is 9.47 Å². The van der Waals surface area contributed by atoms with Gasteiger partial charge in [-0.25, -0.2) is 6.29 Å². The molecule has 3 rings (SSSR count). The van der Waals surface area contributed by atoms with Crippen LogP contribution in [0.2, 0.25) is 0 Å². The average Bonchev–Trinajstić information content (AvgIpc) is 2.73. The van der Waals surface area contributed by atoms with Crippen LogP contribution < -0.4 is 18.9 Å². The summed E-state index contributed by atoms with van der Waals surface area (Å²) in [5.74, 6) is 0. The van der Waals surface area contributed by atoms with E-state index in [2.05, 4.69) is 0 Å². The van der Waals surface area contributed by atoms with Crippen LogP contribution in [-0.2, 0) is 19.9 Å². The van der Waals surface area contributed by atoms with Gasteiger partial charge in [0.1, 0.15) is 5.60 Å². The summed E-state index contributed by atoms with van der Waals surface area (Å²) in [6, 6.07) is 29.7. The Kier molecular flexibility index (Phi) is 9.88. The van der Waals surface area contributed by atoms with Gasteiger partial charge in [0, 0.05) is 13.7 Å². The zero-order valence-corrected chi connectivity index (χ0v) is 16.1. The molecule has 0 aliphatic heterocycles. The number of rotatable bonds is 8. The maximum atomic E-state index is 11.5. The SMILES string of the molecule is COC[C@@H]([C-]=O)OC(c1ccccc1)(c1ccccc1)c1ccccc1.[Li+].[OH-]. The number of benzene rings is 3. The summed E-state index contributed by atoms with van der Waals surface area (Å²) in [6.07, 6.45) is 1.15. The number of carbonyl (C=O) groups excluding carboxylic acids is 1. The van der Waals surface area contributed by atoms with Gasteiger partial charge in [0.15, 0.2) is 0 Å². The Morgan fingerprint density at radius 1 is 0.786 bits per heavy atom. The van der Waals surface area contributed by atoms with Crippen molar-refractivity contribution < 1.29 is 38.6 Å². The molecule has 1 N–H and O–H groups in total. The topological polar surface area (TPSA) is 65.5 Å². The van der Waals surface area contributed by atoms with Crippen LogP contribution in [0.25, 0.3) is 0 Å². The quantitative estimate of drug-likeness (QED) is 0.337. The van der Waals surface area contributed by atoms with E-state index in [1.54, 1.807) is 7.11 Å². The molecule has 0 bridgehead atoms. The van der Waals surface area contributed by atoms with Gasteiger partial charge in [-0.2, -0.15) is 0 Å². The van der Waals surface area contributed by atoms with Gasteiger partial charge in [0.05, 0.1) is 0 Å². The summed E-state index contributed by atoms with van der Waals surface area (Å²) in [5, 5.41) is 0. The van der Waals surface area contributed by atoms with Crippen LogP contribution >= 0.6 is 0 Å². The number of hydrogen-bond donors (Lipinski definition) is 0. The molecule has 0 spiro atoms. The summed E-state index contributed by atoms with van der Waals surface area (Å²) in [4.78, 5) is 11.5. The van der Waals surface area contributed by atoms with Gasteiger partial charge in [-0.05, 0) is 22.8 Å². The van der Waals surface area contributed by atoms with Gasteiger partial charge in [0.2, 0.25) is 0 Å². The fourth-order valence-corrected chi connectivity index (χ4v) is 3.18. The first kappa shape index (κ1) is 23.8. The van der Waals surface area contributed by atoms with Crippen molar-refractivity contribution in [2.75, 3.05) is 13.7 Å². The zero-order chi connectivity index (χ0) is 18.2. The van der Waals surface area contributed by atoms with E-state index in [1.807, 2.05) is 97.3 Å². The standard InChI is InChI=1S/C23H21O3.Li.H2O/c1-25-18-22(17-24)26-23(19-11-5-2-6-12-19,20-13-7-3-8-14-20)21-15-9-4-10-16-21;;/h2-16,22H,18H2,1H3;;1H2/q-1;+1;/p-1/t22-;;/m1../s1. The number of hydrogen-bond acceptors (Lipinski definition) is 4. The molecule has 5 heteroatoms. The summed E-state index contributed by atoms with van der Waals surface area (Å²) in [5.41, 5.74) is 1.88. The van der Waals surface area contributed by atoms with Crippen LogP contribution in [0.1, 0.15) is 16.7 Å². The Labute approximate surface area is 178 Å². The molecular formula is C23H22LiO4-. The molecule has 0 unspecified atom stereocenters. The molecule has 0 amide bonds. The molecule has 0 aliphatic carbocycles. The molecule has 28 heavy (non-hydrogen) atoms. The Morgan fingerprint density at radius 3 is 1.43 bits per heavy atom. The molecule has 0 aromatic heterocycles. The maximum Gasteiger partial charge on any atom is 1.00 e. The van der Waals surface area contributed by atoms with Crippen molar-refractivity contribution in [2.24, 2.45) is 0 Å². The van der Waals surface area contributed by atoms with Crippen LogP contribution in [-0.4, -0.2) is 31.6 Å². The van der Waals surface area contributed by atoms with Crippen molar-refractivity contribution in [3.8, 4) is 0 Å². The largest absolute Gasteiger partial charge is 1.00 e. The Morgan fingerprint density at radius 2 is 1.14 bits per heavy atom. The van der Waals surface area contributed by atoms with E-state index < -0.39 is 11.7 Å². The Balaban J connectivity index is 0.00000196. The second-order valence-electron chi connectivity index (χ2n) is 5.96. The Bertz CT molecular complexity index is 713. The van der Waals surface area contributed by atoms with E-state index in [-0.39, 0.29) is 30.9 Å². The normalized spacial score (nSPS) is 11.6. The average molecular weight is 369 g/mol.